The van der Waals surface area contributed by atoms with Crippen molar-refractivity contribution in [3.63, 3.8) is 0 Å². The Labute approximate surface area is 197 Å². The van der Waals surface area contributed by atoms with Gasteiger partial charge in [-0.3, -0.25) is 10.2 Å². The molecular formula is C25H26N4O3S. The highest BCUT2D eigenvalue weighted by Gasteiger charge is 2.35. The average Bonchev–Trinajstić information content (AvgIpc) is 3.18. The lowest BCUT2D eigenvalue weighted by Crippen LogP contribution is -2.35. The molecule has 2 aromatic rings. The summed E-state index contributed by atoms with van der Waals surface area (Å²) in [5, 5.41) is 15.7. The molecule has 8 heteroatoms. The number of fused-ring (bicyclic) bond motifs is 1. The third-order valence-corrected chi connectivity index (χ3v) is 5.90. The summed E-state index contributed by atoms with van der Waals surface area (Å²) < 4.78 is 11.5. The zero-order valence-corrected chi connectivity index (χ0v) is 19.7. The lowest BCUT2D eigenvalue weighted by atomic mass is 10.1. The van der Waals surface area contributed by atoms with Crippen LogP contribution < -0.4 is 9.47 Å². The fourth-order valence-corrected chi connectivity index (χ4v) is 4.42. The van der Waals surface area contributed by atoms with E-state index in [2.05, 4.69) is 23.9 Å². The van der Waals surface area contributed by atoms with Gasteiger partial charge in [-0.1, -0.05) is 44.2 Å². The molecule has 0 saturated carbocycles. The molecule has 0 saturated heterocycles. The van der Waals surface area contributed by atoms with E-state index in [0.717, 1.165) is 28.3 Å². The third-order valence-electron chi connectivity index (χ3n) is 4.97. The van der Waals surface area contributed by atoms with Gasteiger partial charge in [-0.2, -0.15) is 15.1 Å². The van der Waals surface area contributed by atoms with Gasteiger partial charge in [0.1, 0.15) is 29.8 Å². The SMILES string of the molecule is Cc1ccccc1OCCOc1ccc(/C=C2/C(=N)N3N=C(CC(C)C)SC3=NC2=O)cc1. The van der Waals surface area contributed by atoms with E-state index in [1.54, 1.807) is 6.08 Å². The zero-order valence-electron chi connectivity index (χ0n) is 18.9. The van der Waals surface area contributed by atoms with Crippen molar-refractivity contribution in [1.82, 2.24) is 5.01 Å². The number of thioether (sulfide) groups is 1. The molecule has 2 aromatic carbocycles. The maximum absolute atomic E-state index is 12.5. The van der Waals surface area contributed by atoms with Crippen LogP contribution in [0.4, 0.5) is 0 Å². The van der Waals surface area contributed by atoms with Crippen LogP contribution in [0.2, 0.25) is 0 Å². The Balaban J connectivity index is 1.36. The third kappa shape index (κ3) is 5.51. The van der Waals surface area contributed by atoms with E-state index in [0.29, 0.717) is 30.0 Å². The normalized spacial score (nSPS) is 16.7. The summed E-state index contributed by atoms with van der Waals surface area (Å²) in [5.74, 6) is 1.62. The number of nitrogens with one attached hydrogen (secondary N) is 1. The largest absolute Gasteiger partial charge is 0.490 e. The highest BCUT2D eigenvalue weighted by Crippen LogP contribution is 2.30. The molecule has 0 fully saturated rings. The van der Waals surface area contributed by atoms with E-state index in [4.69, 9.17) is 14.9 Å². The number of carbonyl (C=O) groups excluding carboxylic acids is 1. The summed E-state index contributed by atoms with van der Waals surface area (Å²) in [4.78, 5) is 16.7. The number of aryl methyl sites for hydroxylation is 1. The fourth-order valence-electron chi connectivity index (χ4n) is 3.32. The van der Waals surface area contributed by atoms with Gasteiger partial charge in [-0.15, -0.1) is 0 Å². The Morgan fingerprint density at radius 1 is 1.09 bits per heavy atom. The molecule has 2 aliphatic heterocycles. The molecule has 0 atom stereocenters. The van der Waals surface area contributed by atoms with Crippen molar-refractivity contribution in [1.29, 1.82) is 5.41 Å². The molecule has 0 spiro atoms. The van der Waals surface area contributed by atoms with Crippen molar-refractivity contribution in [2.24, 2.45) is 16.0 Å². The molecule has 0 aliphatic carbocycles. The molecule has 170 valence electrons. The number of ether oxygens (including phenoxy) is 2. The maximum atomic E-state index is 12.5. The second-order valence-corrected chi connectivity index (χ2v) is 9.18. The number of benzene rings is 2. The van der Waals surface area contributed by atoms with E-state index >= 15 is 0 Å². The fraction of sp³-hybridized carbons (Fsp3) is 0.280. The number of hydrazone groups is 1. The van der Waals surface area contributed by atoms with Crippen LogP contribution in [0.25, 0.3) is 6.08 Å². The molecular weight excluding hydrogens is 436 g/mol. The van der Waals surface area contributed by atoms with Crippen molar-refractivity contribution in [2.45, 2.75) is 27.2 Å². The first-order valence-electron chi connectivity index (χ1n) is 10.8. The first-order chi connectivity index (χ1) is 15.9. The predicted molar refractivity (Wildman–Crippen MR) is 133 cm³/mol. The molecule has 0 aromatic heterocycles. The Kier molecular flexibility index (Phi) is 6.93. The van der Waals surface area contributed by atoms with Gasteiger partial charge in [0, 0.05) is 6.42 Å². The van der Waals surface area contributed by atoms with Crippen LogP contribution in [0, 0.1) is 18.3 Å². The van der Waals surface area contributed by atoms with Crippen LogP contribution in [0.1, 0.15) is 31.4 Å². The average molecular weight is 463 g/mol. The molecule has 2 heterocycles. The second-order valence-electron chi connectivity index (χ2n) is 8.14. The first-order valence-corrected chi connectivity index (χ1v) is 11.6. The van der Waals surface area contributed by atoms with Crippen LogP contribution in [0.3, 0.4) is 0 Å². The summed E-state index contributed by atoms with van der Waals surface area (Å²) in [7, 11) is 0. The maximum Gasteiger partial charge on any atom is 0.283 e. The van der Waals surface area contributed by atoms with Crippen LogP contribution in [0.5, 0.6) is 11.5 Å². The summed E-state index contributed by atoms with van der Waals surface area (Å²) in [5.41, 5.74) is 2.08. The summed E-state index contributed by atoms with van der Waals surface area (Å²) >= 11 is 1.36. The van der Waals surface area contributed by atoms with E-state index in [1.807, 2.05) is 55.5 Å². The van der Waals surface area contributed by atoms with Gasteiger partial charge in [0.2, 0.25) is 5.17 Å². The Hall–Kier alpha value is -3.39. The van der Waals surface area contributed by atoms with Crippen molar-refractivity contribution in [3.05, 3.63) is 65.2 Å². The van der Waals surface area contributed by atoms with Crippen LogP contribution in [-0.4, -0.2) is 40.2 Å². The summed E-state index contributed by atoms with van der Waals surface area (Å²) in [6.45, 7) is 7.07. The van der Waals surface area contributed by atoms with Crippen molar-refractivity contribution >= 4 is 39.8 Å². The number of aliphatic imine (C=N–C) groups is 1. The number of amides is 1. The molecule has 1 N–H and O–H groups in total. The van der Waals surface area contributed by atoms with E-state index in [-0.39, 0.29) is 11.4 Å². The number of amidine groups is 2. The number of hydrogen-bond acceptors (Lipinski definition) is 6. The standard InChI is InChI=1S/C25H26N4O3S/c1-16(2)14-22-28-29-23(26)20(24(30)27-25(29)33-22)15-18-8-10-19(11-9-18)31-12-13-32-21-7-5-4-6-17(21)3/h4-11,15-16,26H,12-14H2,1-3H3/b20-15-,26-23?. The molecule has 1 amide bonds. The minimum Gasteiger partial charge on any atom is -0.490 e. The van der Waals surface area contributed by atoms with Gasteiger partial charge < -0.3 is 9.47 Å². The molecule has 0 bridgehead atoms. The van der Waals surface area contributed by atoms with Gasteiger partial charge in [-0.05, 0) is 60.0 Å². The Morgan fingerprint density at radius 3 is 2.55 bits per heavy atom. The molecule has 0 radical (unpaired) electrons. The van der Waals surface area contributed by atoms with Gasteiger partial charge in [-0.25, -0.2) is 0 Å². The van der Waals surface area contributed by atoms with Crippen LogP contribution >= 0.6 is 11.8 Å². The number of nitrogens with zero attached hydrogens (tertiary/aromatic N) is 3. The molecule has 0 unspecified atom stereocenters. The van der Waals surface area contributed by atoms with E-state index in [1.165, 1.54) is 16.8 Å². The number of para-hydroxylation sites is 1. The lowest BCUT2D eigenvalue weighted by Gasteiger charge is -2.20. The minimum absolute atomic E-state index is 0.0462. The quantitative estimate of drug-likeness (QED) is 0.435. The highest BCUT2D eigenvalue weighted by molar-refractivity contribution is 8.26. The monoisotopic (exact) mass is 462 g/mol. The molecule has 2 aliphatic rings. The van der Waals surface area contributed by atoms with Crippen molar-refractivity contribution < 1.29 is 14.3 Å². The van der Waals surface area contributed by atoms with Crippen LogP contribution in [-0.2, 0) is 4.79 Å². The van der Waals surface area contributed by atoms with Gasteiger partial charge in [0.05, 0.1) is 5.57 Å². The number of carbonyl (C=O) groups is 1. The zero-order chi connectivity index (χ0) is 23.4. The smallest absolute Gasteiger partial charge is 0.283 e. The highest BCUT2D eigenvalue weighted by atomic mass is 32.2. The van der Waals surface area contributed by atoms with E-state index < -0.39 is 5.91 Å². The first kappa shape index (κ1) is 22.8. The van der Waals surface area contributed by atoms with Crippen molar-refractivity contribution in [2.75, 3.05) is 13.2 Å². The molecule has 4 rings (SSSR count). The summed E-state index contributed by atoms with van der Waals surface area (Å²) in [6, 6.07) is 15.2. The van der Waals surface area contributed by atoms with Gasteiger partial charge in [0.25, 0.3) is 5.91 Å². The van der Waals surface area contributed by atoms with Crippen molar-refractivity contribution in [3.8, 4) is 11.5 Å². The molecule has 7 nitrogen and oxygen atoms in total. The minimum atomic E-state index is -0.423. The van der Waals surface area contributed by atoms with E-state index in [9.17, 15) is 4.79 Å². The number of hydrogen-bond donors (Lipinski definition) is 1. The lowest BCUT2D eigenvalue weighted by molar-refractivity contribution is -0.114. The summed E-state index contributed by atoms with van der Waals surface area (Å²) in [6.07, 6.45) is 2.45. The van der Waals surface area contributed by atoms with Crippen LogP contribution in [0.15, 0.2) is 64.2 Å². The van der Waals surface area contributed by atoms with Gasteiger partial charge in [0.15, 0.2) is 5.84 Å². The Bertz CT molecular complexity index is 1150. The predicted octanol–water partition coefficient (Wildman–Crippen LogP) is 5.12. The topological polar surface area (TPSA) is 87.3 Å². The Morgan fingerprint density at radius 2 is 1.82 bits per heavy atom. The second kappa shape index (κ2) is 10.0. The van der Waals surface area contributed by atoms with Gasteiger partial charge >= 0.3 is 0 Å². The number of rotatable bonds is 8. The molecule has 33 heavy (non-hydrogen) atoms.